The molecule has 0 spiro atoms. The van der Waals surface area contributed by atoms with Crippen LogP contribution in [0.1, 0.15) is 46.1 Å². The topological polar surface area (TPSA) is 52.1 Å². The van der Waals surface area contributed by atoms with Gasteiger partial charge in [0, 0.05) is 12.1 Å². The number of hydrogen-bond donors (Lipinski definition) is 1. The maximum atomic E-state index is 6.06. The molecule has 5 nitrogen and oxygen atoms in total. The van der Waals surface area contributed by atoms with Crippen molar-refractivity contribution >= 4 is 18.8 Å². The Morgan fingerprint density at radius 2 is 1.74 bits per heavy atom. The third-order valence-electron chi connectivity index (χ3n) is 4.46. The maximum Gasteiger partial charge on any atom is 0.494 e. The number of nitrogens with one attached hydrogen (secondary N) is 1. The lowest BCUT2D eigenvalue weighted by molar-refractivity contribution is 0.00578. The fourth-order valence-corrected chi connectivity index (χ4v) is 2.21. The zero-order valence-electron chi connectivity index (χ0n) is 14.5. The van der Waals surface area contributed by atoms with Crippen LogP contribution in [-0.2, 0) is 14.2 Å². The van der Waals surface area contributed by atoms with E-state index in [1.807, 2.05) is 19.1 Å². The second-order valence-electron chi connectivity index (χ2n) is 6.71. The van der Waals surface area contributed by atoms with Gasteiger partial charge in [0.1, 0.15) is 0 Å². The van der Waals surface area contributed by atoms with Crippen molar-refractivity contribution in [1.29, 1.82) is 0 Å². The van der Waals surface area contributed by atoms with Crippen molar-refractivity contribution in [2.75, 3.05) is 0 Å². The van der Waals surface area contributed by atoms with E-state index < -0.39 is 0 Å². The molecular formula is C17H25BN2O3. The maximum absolute atomic E-state index is 6.06. The minimum atomic E-state index is -0.335. The molecule has 6 heteroatoms. The summed E-state index contributed by atoms with van der Waals surface area (Å²) in [5.41, 5.74) is 3.94. The fraction of sp³-hybridized carbons (Fsp3) is 0.471. The smallest absolute Gasteiger partial charge is 0.399 e. The standard InChI is InChI=1S/C17H25BN2O3/c1-7-19-23-20-12-13(2)14-8-10-15(11-9-14)18-21-16(3,4)17(5,6)22-18/h7-13,19H,1H2,2-6H3/b20-12+. The van der Waals surface area contributed by atoms with Gasteiger partial charge in [0.05, 0.1) is 17.4 Å². The van der Waals surface area contributed by atoms with Crippen LogP contribution in [0.4, 0.5) is 0 Å². The van der Waals surface area contributed by atoms with Gasteiger partial charge in [-0.05, 0) is 38.7 Å². The zero-order chi connectivity index (χ0) is 17.1. The van der Waals surface area contributed by atoms with Gasteiger partial charge in [-0.2, -0.15) is 0 Å². The molecule has 0 saturated carbocycles. The fourth-order valence-electron chi connectivity index (χ4n) is 2.21. The van der Waals surface area contributed by atoms with Crippen molar-refractivity contribution in [3.05, 3.63) is 42.6 Å². The molecule has 1 N–H and O–H groups in total. The Balaban J connectivity index is 2.03. The summed E-state index contributed by atoms with van der Waals surface area (Å²) in [5.74, 6) is 0.133. The molecule has 0 amide bonds. The SMILES string of the molecule is C=CNO/N=C/C(C)c1ccc(B2OC(C)(C)C(C)(C)O2)cc1. The van der Waals surface area contributed by atoms with E-state index in [9.17, 15) is 0 Å². The van der Waals surface area contributed by atoms with Crippen molar-refractivity contribution in [3.63, 3.8) is 0 Å². The molecule has 1 aromatic rings. The predicted octanol–water partition coefficient (Wildman–Crippen LogP) is 2.74. The Morgan fingerprint density at radius 3 is 2.26 bits per heavy atom. The van der Waals surface area contributed by atoms with Gasteiger partial charge in [-0.3, -0.25) is 4.94 Å². The first-order valence-corrected chi connectivity index (χ1v) is 7.78. The molecule has 1 aliphatic rings. The van der Waals surface area contributed by atoms with Gasteiger partial charge < -0.3 is 9.31 Å². The van der Waals surface area contributed by atoms with Crippen LogP contribution in [0.15, 0.2) is 42.2 Å². The first-order chi connectivity index (χ1) is 10.8. The number of rotatable bonds is 6. The summed E-state index contributed by atoms with van der Waals surface area (Å²) < 4.78 is 12.1. The highest BCUT2D eigenvalue weighted by Gasteiger charge is 2.51. The van der Waals surface area contributed by atoms with E-state index in [0.717, 1.165) is 11.0 Å². The van der Waals surface area contributed by atoms with Crippen LogP contribution in [0.5, 0.6) is 0 Å². The van der Waals surface area contributed by atoms with Gasteiger partial charge in [0.2, 0.25) is 0 Å². The van der Waals surface area contributed by atoms with Crippen molar-refractivity contribution in [1.82, 2.24) is 5.48 Å². The van der Waals surface area contributed by atoms with Crippen LogP contribution in [0.3, 0.4) is 0 Å². The molecule has 0 bridgehead atoms. The molecule has 1 saturated heterocycles. The normalized spacial score (nSPS) is 20.5. The summed E-state index contributed by atoms with van der Waals surface area (Å²) in [4.78, 5) is 4.79. The van der Waals surface area contributed by atoms with Crippen LogP contribution in [0, 0.1) is 0 Å². The second kappa shape index (κ2) is 6.77. The third kappa shape index (κ3) is 3.95. The summed E-state index contributed by atoms with van der Waals surface area (Å²) in [6.45, 7) is 13.7. The van der Waals surface area contributed by atoms with Gasteiger partial charge >= 0.3 is 7.12 Å². The summed E-state index contributed by atoms with van der Waals surface area (Å²) in [6, 6.07) is 8.17. The number of hydrogen-bond acceptors (Lipinski definition) is 5. The van der Waals surface area contributed by atoms with Crippen molar-refractivity contribution < 1.29 is 14.2 Å². The van der Waals surface area contributed by atoms with Crippen LogP contribution in [0.25, 0.3) is 0 Å². The molecule has 0 radical (unpaired) electrons. The summed E-state index contributed by atoms with van der Waals surface area (Å²) in [7, 11) is -0.335. The molecule has 23 heavy (non-hydrogen) atoms. The van der Waals surface area contributed by atoms with E-state index >= 15 is 0 Å². The monoisotopic (exact) mass is 316 g/mol. The molecule has 1 unspecified atom stereocenters. The van der Waals surface area contributed by atoms with E-state index in [0.29, 0.717) is 0 Å². The number of hydroxylamine groups is 1. The van der Waals surface area contributed by atoms with E-state index in [-0.39, 0.29) is 24.2 Å². The molecule has 1 atom stereocenters. The summed E-state index contributed by atoms with van der Waals surface area (Å²) in [6.07, 6.45) is 3.14. The van der Waals surface area contributed by atoms with Gasteiger partial charge in [0.25, 0.3) is 0 Å². The quantitative estimate of drug-likeness (QED) is 0.379. The molecular weight excluding hydrogens is 291 g/mol. The molecule has 124 valence electrons. The van der Waals surface area contributed by atoms with Crippen molar-refractivity contribution in [2.45, 2.75) is 51.7 Å². The molecule has 1 heterocycles. The molecule has 1 aliphatic heterocycles. The Kier molecular flexibility index (Phi) is 5.17. The van der Waals surface area contributed by atoms with Crippen molar-refractivity contribution in [3.8, 4) is 0 Å². The number of oxime groups is 1. The van der Waals surface area contributed by atoms with Crippen LogP contribution < -0.4 is 10.9 Å². The second-order valence-corrected chi connectivity index (χ2v) is 6.71. The Labute approximate surface area is 138 Å². The van der Waals surface area contributed by atoms with Crippen LogP contribution in [0.2, 0.25) is 0 Å². The lowest BCUT2D eigenvalue weighted by Crippen LogP contribution is -2.41. The molecule has 1 fully saturated rings. The lowest BCUT2D eigenvalue weighted by atomic mass is 9.78. The van der Waals surface area contributed by atoms with Crippen LogP contribution in [-0.4, -0.2) is 24.5 Å². The highest BCUT2D eigenvalue weighted by Crippen LogP contribution is 2.36. The van der Waals surface area contributed by atoms with Crippen LogP contribution >= 0.6 is 0 Å². The highest BCUT2D eigenvalue weighted by atomic mass is 16.8. The van der Waals surface area contributed by atoms with Gasteiger partial charge in [-0.1, -0.05) is 42.9 Å². The van der Waals surface area contributed by atoms with E-state index in [1.165, 1.54) is 6.20 Å². The first kappa shape index (κ1) is 17.6. The highest BCUT2D eigenvalue weighted by molar-refractivity contribution is 6.62. The Bertz CT molecular complexity index is 554. The molecule has 0 aromatic heterocycles. The largest absolute Gasteiger partial charge is 0.494 e. The minimum absolute atomic E-state index is 0.133. The van der Waals surface area contributed by atoms with Gasteiger partial charge in [0.15, 0.2) is 0 Å². The van der Waals surface area contributed by atoms with E-state index in [1.54, 1.807) is 6.21 Å². The van der Waals surface area contributed by atoms with Crippen molar-refractivity contribution in [2.24, 2.45) is 5.16 Å². The Morgan fingerprint density at radius 1 is 1.17 bits per heavy atom. The minimum Gasteiger partial charge on any atom is -0.399 e. The Hall–Kier alpha value is -1.79. The molecule has 2 rings (SSSR count). The predicted molar refractivity (Wildman–Crippen MR) is 93.5 cm³/mol. The average Bonchev–Trinajstić information content (AvgIpc) is 2.72. The third-order valence-corrected chi connectivity index (χ3v) is 4.46. The summed E-state index contributed by atoms with van der Waals surface area (Å²) in [5, 5.41) is 3.82. The van der Waals surface area contributed by atoms with E-state index in [4.69, 9.17) is 14.2 Å². The summed E-state index contributed by atoms with van der Waals surface area (Å²) >= 11 is 0. The lowest BCUT2D eigenvalue weighted by Gasteiger charge is -2.32. The molecule has 0 aliphatic carbocycles. The van der Waals surface area contributed by atoms with E-state index in [2.05, 4.69) is 57.0 Å². The number of benzene rings is 1. The van der Waals surface area contributed by atoms with Gasteiger partial charge in [-0.25, -0.2) is 5.48 Å². The average molecular weight is 316 g/mol. The van der Waals surface area contributed by atoms with Gasteiger partial charge in [-0.15, -0.1) is 0 Å². The zero-order valence-corrected chi connectivity index (χ0v) is 14.5. The number of nitrogens with zero attached hydrogens (tertiary/aromatic N) is 1. The first-order valence-electron chi connectivity index (χ1n) is 7.78. The molecule has 1 aromatic carbocycles.